The van der Waals surface area contributed by atoms with Gasteiger partial charge in [0.25, 0.3) is 0 Å². The lowest BCUT2D eigenvalue weighted by atomic mass is 9.91. The molecule has 0 fully saturated rings. The molecule has 4 nitrogen and oxygen atoms in total. The van der Waals surface area contributed by atoms with E-state index in [1.54, 1.807) is 40.9 Å². The summed E-state index contributed by atoms with van der Waals surface area (Å²) in [4.78, 5) is 17.1. The second-order valence-electron chi connectivity index (χ2n) is 7.54. The molecule has 4 aromatic rings. The van der Waals surface area contributed by atoms with Gasteiger partial charge in [0.15, 0.2) is 0 Å². The van der Waals surface area contributed by atoms with Crippen molar-refractivity contribution in [1.29, 1.82) is 0 Å². The second kappa shape index (κ2) is 9.23. The largest absolute Gasteiger partial charge is 0.416 e. The van der Waals surface area contributed by atoms with Crippen molar-refractivity contribution in [3.8, 4) is 0 Å². The van der Waals surface area contributed by atoms with Gasteiger partial charge in [-0.25, -0.2) is 9.37 Å². The number of rotatable bonds is 6. The fourth-order valence-corrected chi connectivity index (χ4v) is 3.78. The van der Waals surface area contributed by atoms with Gasteiger partial charge in [-0.15, -0.1) is 0 Å². The molecule has 2 aromatic heterocycles. The topological polar surface area (TPSA) is 46.4 Å². The summed E-state index contributed by atoms with van der Waals surface area (Å²) in [5.41, 5.74) is 1.30. The number of carbonyl (C=O) groups excluding carboxylic acids is 1. The molecule has 2 heterocycles. The van der Waals surface area contributed by atoms with E-state index >= 15 is 0 Å². The van der Waals surface area contributed by atoms with Crippen LogP contribution in [0.2, 0.25) is 5.02 Å². The lowest BCUT2D eigenvalue weighted by Crippen LogP contribution is -2.25. The Bertz CT molecular complexity index is 1290. The second-order valence-corrected chi connectivity index (χ2v) is 7.98. The minimum Gasteiger partial charge on any atom is -0.352 e. The number of hydrogen-bond acceptors (Lipinski definition) is 2. The molecule has 0 saturated heterocycles. The molecule has 0 radical (unpaired) electrons. The van der Waals surface area contributed by atoms with E-state index in [1.165, 1.54) is 24.4 Å². The molecule has 4 rings (SSSR count). The number of carbonyl (C=O) groups is 1. The van der Waals surface area contributed by atoms with Gasteiger partial charge in [-0.1, -0.05) is 41.9 Å². The Balaban J connectivity index is 1.66. The highest BCUT2D eigenvalue weighted by Gasteiger charge is 2.32. The Hall–Kier alpha value is -3.39. The van der Waals surface area contributed by atoms with Crippen LogP contribution < -0.4 is 5.32 Å². The summed E-state index contributed by atoms with van der Waals surface area (Å²) in [6, 6.07) is 13.9. The molecule has 1 atom stereocenters. The van der Waals surface area contributed by atoms with Crippen molar-refractivity contribution in [2.24, 2.45) is 0 Å². The van der Waals surface area contributed by atoms with E-state index in [4.69, 9.17) is 11.6 Å². The van der Waals surface area contributed by atoms with Gasteiger partial charge in [-0.3, -0.25) is 4.79 Å². The SMILES string of the molecule is O=C(CC(c1cccc(C(F)(F)F)c1)c1cnc2ccc(Cl)cn12)NCc1ccc(F)cc1. The van der Waals surface area contributed by atoms with E-state index in [2.05, 4.69) is 10.3 Å². The maximum absolute atomic E-state index is 13.3. The number of hydrogen-bond donors (Lipinski definition) is 1. The van der Waals surface area contributed by atoms with Gasteiger partial charge in [0, 0.05) is 31.3 Å². The maximum atomic E-state index is 13.3. The molecule has 9 heteroatoms. The number of aromatic nitrogens is 2. The molecule has 170 valence electrons. The highest BCUT2D eigenvalue weighted by Crippen LogP contribution is 2.34. The van der Waals surface area contributed by atoms with Gasteiger partial charge in [0.1, 0.15) is 11.5 Å². The van der Waals surface area contributed by atoms with Crippen LogP contribution in [0.25, 0.3) is 5.65 Å². The monoisotopic (exact) mass is 475 g/mol. The Morgan fingerprint density at radius 1 is 1.09 bits per heavy atom. The predicted molar refractivity (Wildman–Crippen MR) is 116 cm³/mol. The zero-order chi connectivity index (χ0) is 23.6. The van der Waals surface area contributed by atoms with Crippen molar-refractivity contribution in [3.63, 3.8) is 0 Å². The first-order valence-corrected chi connectivity index (χ1v) is 10.4. The summed E-state index contributed by atoms with van der Waals surface area (Å²) in [5.74, 6) is -1.48. The first-order valence-electron chi connectivity index (χ1n) is 10.0. The molecule has 1 unspecified atom stereocenters. The summed E-state index contributed by atoms with van der Waals surface area (Å²) in [5, 5.41) is 3.17. The van der Waals surface area contributed by atoms with Crippen molar-refractivity contribution >= 4 is 23.2 Å². The minimum atomic E-state index is -4.52. The standard InChI is InChI=1S/C24H18ClF4N3O/c25-18-6-9-22-30-13-21(32(22)14-18)20(16-2-1-3-17(10-16)24(27,28)29)11-23(33)31-12-15-4-7-19(26)8-5-15/h1-10,13-14,20H,11-12H2,(H,31,33). The molecule has 1 N–H and O–H groups in total. The summed E-state index contributed by atoms with van der Waals surface area (Å²) in [6.07, 6.45) is -1.50. The van der Waals surface area contributed by atoms with Crippen LogP contribution in [0.3, 0.4) is 0 Å². The predicted octanol–water partition coefficient (Wildman–Crippen LogP) is 5.98. The van der Waals surface area contributed by atoms with Crippen LogP contribution >= 0.6 is 11.6 Å². The molecule has 0 saturated carbocycles. The fourth-order valence-electron chi connectivity index (χ4n) is 3.62. The average Bonchev–Trinajstić information content (AvgIpc) is 3.19. The number of nitrogens with one attached hydrogen (secondary N) is 1. The van der Waals surface area contributed by atoms with E-state index in [0.717, 1.165) is 12.1 Å². The van der Waals surface area contributed by atoms with E-state index in [9.17, 15) is 22.4 Å². The van der Waals surface area contributed by atoms with Crippen LogP contribution in [0.15, 0.2) is 73.1 Å². The summed E-state index contributed by atoms with van der Waals surface area (Å²) < 4.78 is 54.8. The number of amides is 1. The Morgan fingerprint density at radius 2 is 1.85 bits per heavy atom. The summed E-state index contributed by atoms with van der Waals surface area (Å²) in [7, 11) is 0. The lowest BCUT2D eigenvalue weighted by Gasteiger charge is -2.19. The fraction of sp³-hybridized carbons (Fsp3) is 0.167. The van der Waals surface area contributed by atoms with Crippen molar-refractivity contribution in [3.05, 3.63) is 106 Å². The molecular weight excluding hydrogens is 458 g/mol. The molecule has 0 aliphatic rings. The highest BCUT2D eigenvalue weighted by atomic mass is 35.5. The van der Waals surface area contributed by atoms with Gasteiger partial charge in [-0.05, 0) is 41.5 Å². The van der Waals surface area contributed by atoms with Crippen molar-refractivity contribution in [2.75, 3.05) is 0 Å². The number of nitrogens with zero attached hydrogens (tertiary/aromatic N) is 2. The molecule has 0 aliphatic carbocycles. The quantitative estimate of drug-likeness (QED) is 0.348. The third kappa shape index (κ3) is 5.34. The van der Waals surface area contributed by atoms with Crippen LogP contribution in [-0.2, 0) is 17.5 Å². The van der Waals surface area contributed by atoms with Crippen molar-refractivity contribution in [2.45, 2.75) is 25.1 Å². The first-order chi connectivity index (χ1) is 15.7. The van der Waals surface area contributed by atoms with E-state index in [1.807, 2.05) is 0 Å². The van der Waals surface area contributed by atoms with Crippen LogP contribution in [0.5, 0.6) is 0 Å². The van der Waals surface area contributed by atoms with Crippen molar-refractivity contribution in [1.82, 2.24) is 14.7 Å². The molecule has 33 heavy (non-hydrogen) atoms. The van der Waals surface area contributed by atoms with Crippen LogP contribution in [0.1, 0.15) is 34.7 Å². The van der Waals surface area contributed by atoms with Crippen molar-refractivity contribution < 1.29 is 22.4 Å². The van der Waals surface area contributed by atoms with Crippen LogP contribution in [0.4, 0.5) is 17.6 Å². The van der Waals surface area contributed by atoms with Crippen LogP contribution in [-0.4, -0.2) is 15.3 Å². The number of alkyl halides is 3. The zero-order valence-electron chi connectivity index (χ0n) is 17.1. The first kappa shape index (κ1) is 22.8. The molecular formula is C24H18ClF4N3O. The minimum absolute atomic E-state index is 0.122. The molecule has 0 bridgehead atoms. The van der Waals surface area contributed by atoms with E-state index < -0.39 is 17.7 Å². The number of pyridine rings is 1. The third-order valence-electron chi connectivity index (χ3n) is 5.26. The van der Waals surface area contributed by atoms with Gasteiger partial charge in [-0.2, -0.15) is 13.2 Å². The lowest BCUT2D eigenvalue weighted by molar-refractivity contribution is -0.137. The normalized spacial score (nSPS) is 12.6. The van der Waals surface area contributed by atoms with Gasteiger partial charge in [0.05, 0.1) is 16.3 Å². The number of benzene rings is 2. The number of fused-ring (bicyclic) bond motifs is 1. The maximum Gasteiger partial charge on any atom is 0.416 e. The van der Waals surface area contributed by atoms with Crippen LogP contribution in [0, 0.1) is 5.82 Å². The number of imidazole rings is 1. The zero-order valence-corrected chi connectivity index (χ0v) is 17.9. The summed E-state index contributed by atoms with van der Waals surface area (Å²) >= 11 is 6.11. The third-order valence-corrected chi connectivity index (χ3v) is 5.49. The molecule has 0 aliphatic heterocycles. The molecule has 2 aromatic carbocycles. The molecule has 1 amide bonds. The molecule has 0 spiro atoms. The van der Waals surface area contributed by atoms with Gasteiger partial charge < -0.3 is 9.72 Å². The van der Waals surface area contributed by atoms with E-state index in [-0.39, 0.29) is 24.7 Å². The van der Waals surface area contributed by atoms with Gasteiger partial charge >= 0.3 is 6.18 Å². The Kier molecular flexibility index (Phi) is 6.37. The number of halogens is 5. The average molecular weight is 476 g/mol. The smallest absolute Gasteiger partial charge is 0.352 e. The summed E-state index contributed by atoms with van der Waals surface area (Å²) in [6.45, 7) is 0.160. The Labute approximate surface area is 191 Å². The van der Waals surface area contributed by atoms with E-state index in [0.29, 0.717) is 27.5 Å². The highest BCUT2D eigenvalue weighted by molar-refractivity contribution is 6.30. The van der Waals surface area contributed by atoms with Gasteiger partial charge in [0.2, 0.25) is 5.91 Å². The Morgan fingerprint density at radius 3 is 2.58 bits per heavy atom.